The van der Waals surface area contributed by atoms with Crippen molar-refractivity contribution in [1.29, 1.82) is 0 Å². The highest BCUT2D eigenvalue weighted by Gasteiger charge is 2.31. The van der Waals surface area contributed by atoms with Gasteiger partial charge >= 0.3 is 6.18 Å². The molecule has 28 heavy (non-hydrogen) atoms. The van der Waals surface area contributed by atoms with Crippen LogP contribution in [0.2, 0.25) is 0 Å². The largest absolute Gasteiger partial charge is 0.416 e. The predicted molar refractivity (Wildman–Crippen MR) is 98.9 cm³/mol. The molecule has 148 valence electrons. The van der Waals surface area contributed by atoms with Crippen molar-refractivity contribution < 1.29 is 22.8 Å². The molecule has 0 saturated carbocycles. The van der Waals surface area contributed by atoms with Gasteiger partial charge in [0, 0.05) is 37.4 Å². The van der Waals surface area contributed by atoms with Gasteiger partial charge in [-0.25, -0.2) is 0 Å². The van der Waals surface area contributed by atoms with Crippen LogP contribution >= 0.6 is 0 Å². The van der Waals surface area contributed by atoms with Crippen molar-refractivity contribution in [2.24, 2.45) is 0 Å². The zero-order chi connectivity index (χ0) is 20.1. The first kappa shape index (κ1) is 19.9. The smallest absolute Gasteiger partial charge is 0.336 e. The molecule has 1 saturated heterocycles. The second kappa shape index (κ2) is 8.43. The number of nitrogens with zero attached hydrogens (tertiary/aromatic N) is 2. The summed E-state index contributed by atoms with van der Waals surface area (Å²) in [5, 5.41) is 2.80. The molecule has 1 aliphatic heterocycles. The van der Waals surface area contributed by atoms with Crippen molar-refractivity contribution in [2.45, 2.75) is 6.18 Å². The molecule has 1 heterocycles. The number of carbonyl (C=O) groups excluding carboxylic acids is 2. The van der Waals surface area contributed by atoms with E-state index in [-0.39, 0.29) is 18.0 Å². The Bertz CT molecular complexity index is 832. The Balaban J connectivity index is 1.52. The number of alkyl halides is 3. The lowest BCUT2D eigenvalue weighted by Gasteiger charge is -2.34. The maximum absolute atomic E-state index is 12.8. The van der Waals surface area contributed by atoms with E-state index in [2.05, 4.69) is 5.32 Å². The third-order valence-corrected chi connectivity index (χ3v) is 4.52. The third kappa shape index (κ3) is 5.10. The molecule has 1 N–H and O–H groups in total. The first-order valence-electron chi connectivity index (χ1n) is 8.87. The van der Waals surface area contributed by atoms with Crippen LogP contribution in [0.15, 0.2) is 54.6 Å². The molecule has 2 aromatic rings. The highest BCUT2D eigenvalue weighted by Crippen LogP contribution is 2.29. The fourth-order valence-electron chi connectivity index (χ4n) is 3.05. The van der Waals surface area contributed by atoms with Crippen molar-refractivity contribution in [1.82, 2.24) is 9.80 Å². The van der Waals surface area contributed by atoms with Crippen molar-refractivity contribution in [2.75, 3.05) is 38.0 Å². The van der Waals surface area contributed by atoms with Gasteiger partial charge in [0.15, 0.2) is 0 Å². The molecule has 0 spiro atoms. The summed E-state index contributed by atoms with van der Waals surface area (Å²) in [6.45, 7) is 1.86. The van der Waals surface area contributed by atoms with Gasteiger partial charge in [-0.2, -0.15) is 13.2 Å². The molecular weight excluding hydrogens is 371 g/mol. The number of anilines is 1. The number of halogens is 3. The lowest BCUT2D eigenvalue weighted by molar-refractivity contribution is -0.137. The van der Waals surface area contributed by atoms with Gasteiger partial charge in [0.25, 0.3) is 5.91 Å². The van der Waals surface area contributed by atoms with Gasteiger partial charge in [-0.05, 0) is 30.3 Å². The number of hydrogen-bond donors (Lipinski definition) is 1. The molecule has 0 atom stereocenters. The predicted octanol–water partition coefficient (Wildman–Crippen LogP) is 3.10. The molecule has 0 radical (unpaired) electrons. The summed E-state index contributed by atoms with van der Waals surface area (Å²) in [5.41, 5.74) is -0.106. The molecule has 8 heteroatoms. The van der Waals surface area contributed by atoms with Gasteiger partial charge < -0.3 is 10.2 Å². The van der Waals surface area contributed by atoms with E-state index in [4.69, 9.17) is 0 Å². The Hall–Kier alpha value is -2.87. The number of benzene rings is 2. The molecule has 3 rings (SSSR count). The summed E-state index contributed by atoms with van der Waals surface area (Å²) < 4.78 is 38.5. The SMILES string of the molecule is O=C(CN1CCN(C(=O)c2cccc(C(F)(F)F)c2)CC1)Nc1ccccc1. The van der Waals surface area contributed by atoms with E-state index in [1.807, 2.05) is 23.1 Å². The maximum atomic E-state index is 12.8. The molecule has 0 aliphatic carbocycles. The van der Waals surface area contributed by atoms with Gasteiger partial charge in [0.2, 0.25) is 5.91 Å². The number of para-hydroxylation sites is 1. The van der Waals surface area contributed by atoms with Crippen molar-refractivity contribution in [3.8, 4) is 0 Å². The Kier molecular flexibility index (Phi) is 5.99. The monoisotopic (exact) mass is 391 g/mol. The molecule has 2 amide bonds. The minimum atomic E-state index is -4.49. The van der Waals surface area contributed by atoms with Crippen LogP contribution in [0.25, 0.3) is 0 Å². The van der Waals surface area contributed by atoms with Crippen LogP contribution < -0.4 is 5.32 Å². The fraction of sp³-hybridized carbons (Fsp3) is 0.300. The quantitative estimate of drug-likeness (QED) is 0.872. The zero-order valence-electron chi connectivity index (χ0n) is 15.1. The van der Waals surface area contributed by atoms with Crippen LogP contribution in [0.5, 0.6) is 0 Å². The van der Waals surface area contributed by atoms with Gasteiger partial charge in [-0.15, -0.1) is 0 Å². The lowest BCUT2D eigenvalue weighted by atomic mass is 10.1. The molecule has 0 unspecified atom stereocenters. The summed E-state index contributed by atoms with van der Waals surface area (Å²) in [4.78, 5) is 28.0. The number of hydrogen-bond acceptors (Lipinski definition) is 3. The summed E-state index contributed by atoms with van der Waals surface area (Å²) in [6, 6.07) is 13.5. The van der Waals surface area contributed by atoms with E-state index in [1.165, 1.54) is 17.0 Å². The number of piperazine rings is 1. The third-order valence-electron chi connectivity index (χ3n) is 4.52. The van der Waals surface area contributed by atoms with Crippen molar-refractivity contribution in [3.63, 3.8) is 0 Å². The van der Waals surface area contributed by atoms with E-state index in [1.54, 1.807) is 12.1 Å². The van der Waals surface area contributed by atoms with Gasteiger partial charge in [0.1, 0.15) is 0 Å². The minimum absolute atomic E-state index is 0.0186. The minimum Gasteiger partial charge on any atom is -0.336 e. The highest BCUT2D eigenvalue weighted by atomic mass is 19.4. The molecular formula is C20H20F3N3O2. The van der Waals surface area contributed by atoms with E-state index >= 15 is 0 Å². The maximum Gasteiger partial charge on any atom is 0.416 e. The molecule has 0 bridgehead atoms. The average Bonchev–Trinajstić information content (AvgIpc) is 2.68. The zero-order valence-corrected chi connectivity index (χ0v) is 15.1. The summed E-state index contributed by atoms with van der Waals surface area (Å²) >= 11 is 0. The van der Waals surface area contributed by atoms with Crippen LogP contribution in [-0.4, -0.2) is 54.3 Å². The molecule has 0 aromatic heterocycles. The van der Waals surface area contributed by atoms with Crippen LogP contribution in [-0.2, 0) is 11.0 Å². The normalized spacial score (nSPS) is 15.3. The first-order chi connectivity index (χ1) is 13.3. The van der Waals surface area contributed by atoms with Crippen molar-refractivity contribution in [3.05, 3.63) is 65.7 Å². The molecule has 2 aromatic carbocycles. The number of amides is 2. The summed E-state index contributed by atoms with van der Waals surface area (Å²) in [7, 11) is 0. The van der Waals surface area contributed by atoms with Crippen LogP contribution in [0, 0.1) is 0 Å². The van der Waals surface area contributed by atoms with E-state index in [0.29, 0.717) is 31.9 Å². The van der Waals surface area contributed by atoms with E-state index in [0.717, 1.165) is 12.1 Å². The Labute approximate surface area is 160 Å². The molecule has 1 aliphatic rings. The van der Waals surface area contributed by atoms with Gasteiger partial charge in [0.05, 0.1) is 12.1 Å². The first-order valence-corrected chi connectivity index (χ1v) is 8.87. The van der Waals surface area contributed by atoms with Crippen LogP contribution in [0.3, 0.4) is 0 Å². The van der Waals surface area contributed by atoms with Crippen LogP contribution in [0.1, 0.15) is 15.9 Å². The van der Waals surface area contributed by atoms with Crippen LogP contribution in [0.4, 0.5) is 18.9 Å². The second-order valence-corrected chi connectivity index (χ2v) is 6.56. The molecule has 1 fully saturated rings. The fourth-order valence-corrected chi connectivity index (χ4v) is 3.05. The van der Waals surface area contributed by atoms with Crippen molar-refractivity contribution >= 4 is 17.5 Å². The Morgan fingerprint density at radius 2 is 1.61 bits per heavy atom. The summed E-state index contributed by atoms with van der Waals surface area (Å²) in [5.74, 6) is -0.580. The second-order valence-electron chi connectivity index (χ2n) is 6.56. The topological polar surface area (TPSA) is 52.7 Å². The highest BCUT2D eigenvalue weighted by molar-refractivity contribution is 5.94. The number of rotatable bonds is 4. The Morgan fingerprint density at radius 3 is 2.25 bits per heavy atom. The number of carbonyl (C=O) groups is 2. The standard InChI is InChI=1S/C20H20F3N3O2/c21-20(22,23)16-6-4-5-15(13-16)19(28)26-11-9-25(10-12-26)14-18(27)24-17-7-2-1-3-8-17/h1-8,13H,9-12,14H2,(H,24,27). The average molecular weight is 391 g/mol. The van der Waals surface area contributed by atoms with Gasteiger partial charge in [-0.3, -0.25) is 14.5 Å². The summed E-state index contributed by atoms with van der Waals surface area (Å²) in [6.07, 6.45) is -4.49. The van der Waals surface area contributed by atoms with E-state index in [9.17, 15) is 22.8 Å². The number of nitrogens with one attached hydrogen (secondary N) is 1. The molecule has 5 nitrogen and oxygen atoms in total. The Morgan fingerprint density at radius 1 is 0.929 bits per heavy atom. The lowest BCUT2D eigenvalue weighted by Crippen LogP contribution is -2.50. The van der Waals surface area contributed by atoms with E-state index < -0.39 is 17.6 Å². The van der Waals surface area contributed by atoms with Gasteiger partial charge in [-0.1, -0.05) is 24.3 Å².